The molecule has 0 unspecified atom stereocenters. The molecule has 124 valence electrons. The molecule has 8 nitrogen and oxygen atoms in total. The molecule has 0 aliphatic rings. The van der Waals surface area contributed by atoms with E-state index >= 15 is 0 Å². The third kappa shape index (κ3) is 4.24. The summed E-state index contributed by atoms with van der Waals surface area (Å²) in [5, 5.41) is 8.86. The van der Waals surface area contributed by atoms with E-state index in [9.17, 15) is 4.79 Å². The Morgan fingerprint density at radius 3 is 2.83 bits per heavy atom. The SMILES string of the molecule is COc1nc(OCCc2ccsc2)nc(C(=O)Nc2nccs2)n1. The largest absolute Gasteiger partial charge is 0.467 e. The molecule has 1 N–H and O–H groups in total. The number of rotatable bonds is 7. The zero-order valence-electron chi connectivity index (χ0n) is 12.6. The van der Waals surface area contributed by atoms with Crippen LogP contribution in [0.4, 0.5) is 5.13 Å². The molecular weight excluding hydrogens is 350 g/mol. The summed E-state index contributed by atoms with van der Waals surface area (Å²) in [6, 6.07) is 2.08. The van der Waals surface area contributed by atoms with Crippen LogP contribution in [0.5, 0.6) is 12.0 Å². The number of nitrogens with one attached hydrogen (secondary N) is 1. The normalized spacial score (nSPS) is 10.4. The van der Waals surface area contributed by atoms with Crippen LogP contribution in [-0.2, 0) is 6.42 Å². The minimum Gasteiger partial charge on any atom is -0.467 e. The van der Waals surface area contributed by atoms with Crippen molar-refractivity contribution in [3.05, 3.63) is 39.8 Å². The molecule has 3 heterocycles. The molecule has 0 aromatic carbocycles. The number of thiophene rings is 1. The molecule has 0 bridgehead atoms. The number of carbonyl (C=O) groups is 1. The second kappa shape index (κ2) is 7.79. The lowest BCUT2D eigenvalue weighted by Crippen LogP contribution is -2.17. The molecule has 0 fully saturated rings. The van der Waals surface area contributed by atoms with Gasteiger partial charge in [0.05, 0.1) is 13.7 Å². The number of methoxy groups -OCH3 is 1. The highest BCUT2D eigenvalue weighted by molar-refractivity contribution is 7.13. The maximum atomic E-state index is 12.2. The van der Waals surface area contributed by atoms with E-state index in [1.54, 1.807) is 22.9 Å². The molecule has 0 spiro atoms. The minimum atomic E-state index is -0.506. The number of ether oxygens (including phenoxy) is 2. The Balaban J connectivity index is 1.68. The van der Waals surface area contributed by atoms with Crippen LogP contribution in [0.3, 0.4) is 0 Å². The van der Waals surface area contributed by atoms with Crippen molar-refractivity contribution in [2.75, 3.05) is 19.0 Å². The monoisotopic (exact) mass is 363 g/mol. The zero-order chi connectivity index (χ0) is 16.8. The van der Waals surface area contributed by atoms with E-state index in [0.717, 1.165) is 6.42 Å². The fourth-order valence-electron chi connectivity index (χ4n) is 1.73. The van der Waals surface area contributed by atoms with Crippen LogP contribution in [0.25, 0.3) is 0 Å². The van der Waals surface area contributed by atoms with Crippen molar-refractivity contribution < 1.29 is 14.3 Å². The lowest BCUT2D eigenvalue weighted by Gasteiger charge is -2.07. The number of nitrogens with zero attached hydrogens (tertiary/aromatic N) is 4. The maximum Gasteiger partial charge on any atom is 0.323 e. The van der Waals surface area contributed by atoms with Crippen LogP contribution in [0, 0.1) is 0 Å². The molecular formula is C14H13N5O3S2. The van der Waals surface area contributed by atoms with Gasteiger partial charge >= 0.3 is 12.0 Å². The minimum absolute atomic E-state index is 0.0137. The molecule has 3 rings (SSSR count). The molecule has 0 saturated heterocycles. The molecule has 0 aliphatic heterocycles. The standard InChI is InChI=1S/C14H13N5O3S2/c1-21-12-16-10(11(20)18-14-15-4-7-24-14)17-13(19-12)22-5-2-9-3-6-23-8-9/h3-4,6-8H,2,5H2,1H3,(H,15,18,20). The van der Waals surface area contributed by atoms with E-state index in [0.29, 0.717) is 11.7 Å². The smallest absolute Gasteiger partial charge is 0.323 e. The van der Waals surface area contributed by atoms with E-state index in [4.69, 9.17) is 9.47 Å². The number of aromatic nitrogens is 4. The van der Waals surface area contributed by atoms with Gasteiger partial charge in [-0.3, -0.25) is 10.1 Å². The number of hydrogen-bond donors (Lipinski definition) is 1. The Kier molecular flexibility index (Phi) is 5.29. The first-order valence-electron chi connectivity index (χ1n) is 6.89. The van der Waals surface area contributed by atoms with Crippen molar-refractivity contribution in [1.29, 1.82) is 0 Å². The average Bonchev–Trinajstić information content (AvgIpc) is 3.28. The van der Waals surface area contributed by atoms with Crippen LogP contribution in [0.2, 0.25) is 0 Å². The van der Waals surface area contributed by atoms with Gasteiger partial charge in [-0.25, -0.2) is 4.98 Å². The Morgan fingerprint density at radius 1 is 1.25 bits per heavy atom. The quantitative estimate of drug-likeness (QED) is 0.687. The highest BCUT2D eigenvalue weighted by atomic mass is 32.1. The number of amides is 1. The summed E-state index contributed by atoms with van der Waals surface area (Å²) in [5.41, 5.74) is 1.17. The maximum absolute atomic E-state index is 12.2. The predicted molar refractivity (Wildman–Crippen MR) is 90.0 cm³/mol. The van der Waals surface area contributed by atoms with Gasteiger partial charge in [0, 0.05) is 18.0 Å². The fraction of sp³-hybridized carbons (Fsp3) is 0.214. The van der Waals surface area contributed by atoms with Gasteiger partial charge in [0.2, 0.25) is 5.82 Å². The first-order chi connectivity index (χ1) is 11.7. The van der Waals surface area contributed by atoms with Crippen molar-refractivity contribution in [2.45, 2.75) is 6.42 Å². The van der Waals surface area contributed by atoms with E-state index in [1.165, 1.54) is 24.0 Å². The van der Waals surface area contributed by atoms with Gasteiger partial charge in [-0.15, -0.1) is 16.3 Å². The highest BCUT2D eigenvalue weighted by Crippen LogP contribution is 2.14. The first-order valence-corrected chi connectivity index (χ1v) is 8.71. The first kappa shape index (κ1) is 16.3. The van der Waals surface area contributed by atoms with Gasteiger partial charge < -0.3 is 9.47 Å². The Labute approximate surface area is 145 Å². The van der Waals surface area contributed by atoms with Gasteiger partial charge in [0.25, 0.3) is 5.91 Å². The Bertz CT molecular complexity index is 793. The zero-order valence-corrected chi connectivity index (χ0v) is 14.3. The van der Waals surface area contributed by atoms with E-state index < -0.39 is 5.91 Å². The predicted octanol–water partition coefficient (Wildman–Crippen LogP) is 2.27. The fourth-order valence-corrected chi connectivity index (χ4v) is 2.96. The van der Waals surface area contributed by atoms with Gasteiger partial charge in [-0.1, -0.05) is 0 Å². The molecule has 0 radical (unpaired) electrons. The second-order valence-corrected chi connectivity index (χ2v) is 6.12. The summed E-state index contributed by atoms with van der Waals surface area (Å²) < 4.78 is 10.5. The number of thiazole rings is 1. The van der Waals surface area contributed by atoms with Crippen molar-refractivity contribution >= 4 is 33.7 Å². The third-order valence-electron chi connectivity index (χ3n) is 2.83. The highest BCUT2D eigenvalue weighted by Gasteiger charge is 2.16. The van der Waals surface area contributed by atoms with Crippen LogP contribution in [-0.4, -0.2) is 39.6 Å². The van der Waals surface area contributed by atoms with E-state index in [-0.39, 0.29) is 17.8 Å². The Morgan fingerprint density at radius 2 is 2.12 bits per heavy atom. The van der Waals surface area contributed by atoms with E-state index in [1.807, 2.05) is 16.8 Å². The number of carbonyl (C=O) groups excluding carboxylic acids is 1. The van der Waals surface area contributed by atoms with E-state index in [2.05, 4.69) is 25.3 Å². The summed E-state index contributed by atoms with van der Waals surface area (Å²) in [4.78, 5) is 28.1. The molecule has 10 heteroatoms. The molecule has 0 aliphatic carbocycles. The third-order valence-corrected chi connectivity index (χ3v) is 4.26. The van der Waals surface area contributed by atoms with Crippen molar-refractivity contribution in [1.82, 2.24) is 19.9 Å². The molecule has 3 aromatic heterocycles. The van der Waals surface area contributed by atoms with Crippen LogP contribution in [0.1, 0.15) is 16.2 Å². The number of hydrogen-bond acceptors (Lipinski definition) is 9. The average molecular weight is 363 g/mol. The van der Waals surface area contributed by atoms with Gasteiger partial charge in [-0.05, 0) is 22.4 Å². The summed E-state index contributed by atoms with van der Waals surface area (Å²) >= 11 is 2.92. The Hall–Kier alpha value is -2.59. The lowest BCUT2D eigenvalue weighted by atomic mass is 10.3. The second-order valence-electron chi connectivity index (χ2n) is 4.45. The summed E-state index contributed by atoms with van der Waals surface area (Å²) in [6.45, 7) is 0.386. The molecule has 0 saturated carbocycles. The summed E-state index contributed by atoms with van der Waals surface area (Å²) in [5.74, 6) is -0.601. The summed E-state index contributed by atoms with van der Waals surface area (Å²) in [7, 11) is 1.41. The molecule has 0 atom stereocenters. The van der Waals surface area contributed by atoms with Crippen LogP contribution in [0.15, 0.2) is 28.4 Å². The molecule has 1 amide bonds. The summed E-state index contributed by atoms with van der Waals surface area (Å²) in [6.07, 6.45) is 2.31. The van der Waals surface area contributed by atoms with Crippen LogP contribution < -0.4 is 14.8 Å². The van der Waals surface area contributed by atoms with Gasteiger partial charge in [0.1, 0.15) is 0 Å². The van der Waals surface area contributed by atoms with Crippen LogP contribution >= 0.6 is 22.7 Å². The molecule has 3 aromatic rings. The topological polar surface area (TPSA) is 99.1 Å². The van der Waals surface area contributed by atoms with Gasteiger partial charge in [-0.2, -0.15) is 21.3 Å². The van der Waals surface area contributed by atoms with Crippen molar-refractivity contribution in [3.8, 4) is 12.0 Å². The molecule has 24 heavy (non-hydrogen) atoms. The number of anilines is 1. The van der Waals surface area contributed by atoms with Crippen molar-refractivity contribution in [2.24, 2.45) is 0 Å². The van der Waals surface area contributed by atoms with Gasteiger partial charge in [0.15, 0.2) is 5.13 Å². The lowest BCUT2D eigenvalue weighted by molar-refractivity contribution is 0.101. The van der Waals surface area contributed by atoms with Crippen molar-refractivity contribution in [3.63, 3.8) is 0 Å².